The van der Waals surface area contributed by atoms with Gasteiger partial charge in [0.05, 0.1) is 15.7 Å². The van der Waals surface area contributed by atoms with E-state index in [2.05, 4.69) is 10.6 Å². The van der Waals surface area contributed by atoms with Gasteiger partial charge < -0.3 is 5.32 Å². The van der Waals surface area contributed by atoms with E-state index in [1.807, 2.05) is 0 Å². The van der Waals surface area contributed by atoms with E-state index in [4.69, 9.17) is 47.0 Å². The molecule has 0 heterocycles. The lowest BCUT2D eigenvalue weighted by molar-refractivity contribution is -0.115. The van der Waals surface area contributed by atoms with Crippen molar-refractivity contribution in [2.24, 2.45) is 0 Å². The molecule has 0 aliphatic heterocycles. The third kappa shape index (κ3) is 5.52. The van der Waals surface area contributed by atoms with Crippen LogP contribution in [0.5, 0.6) is 0 Å². The third-order valence-electron chi connectivity index (χ3n) is 2.73. The molecule has 2 aromatic rings. The number of anilines is 1. The quantitative estimate of drug-likeness (QED) is 0.565. The van der Waals surface area contributed by atoms with Gasteiger partial charge in [-0.15, -0.1) is 0 Å². The number of carbonyl (C=O) groups is 1. The number of halogens is 3. The van der Waals surface area contributed by atoms with Gasteiger partial charge >= 0.3 is 0 Å². The van der Waals surface area contributed by atoms with Crippen molar-refractivity contribution in [3.63, 3.8) is 0 Å². The van der Waals surface area contributed by atoms with Gasteiger partial charge in [-0.1, -0.05) is 53.0 Å². The number of carbonyl (C=O) groups excluding carboxylic acids is 1. The minimum absolute atomic E-state index is 0.125. The fraction of sp³-hybridized carbons (Fsp3) is 0. The minimum Gasteiger partial charge on any atom is -0.331 e. The van der Waals surface area contributed by atoms with E-state index in [0.29, 0.717) is 20.8 Å². The molecule has 0 aromatic heterocycles. The van der Waals surface area contributed by atoms with Gasteiger partial charge in [-0.05, 0) is 48.1 Å². The van der Waals surface area contributed by atoms with Gasteiger partial charge in [0, 0.05) is 11.1 Å². The van der Waals surface area contributed by atoms with Crippen molar-refractivity contribution >= 4 is 69.8 Å². The first kappa shape index (κ1) is 17.8. The molecular weight excluding hydrogens is 375 g/mol. The molecule has 0 aliphatic carbocycles. The molecule has 0 radical (unpaired) electrons. The highest BCUT2D eigenvalue weighted by Crippen LogP contribution is 2.29. The van der Waals surface area contributed by atoms with E-state index in [1.165, 1.54) is 6.08 Å². The summed E-state index contributed by atoms with van der Waals surface area (Å²) in [5.41, 5.74) is 1.37. The number of nitrogens with one attached hydrogen (secondary N) is 2. The van der Waals surface area contributed by atoms with E-state index in [0.717, 1.165) is 5.56 Å². The van der Waals surface area contributed by atoms with Gasteiger partial charge in [0.15, 0.2) is 5.11 Å². The number of hydrogen-bond donors (Lipinski definition) is 2. The third-order valence-corrected chi connectivity index (χ3v) is 4.01. The molecule has 0 fully saturated rings. The first-order valence-electron chi connectivity index (χ1n) is 6.45. The topological polar surface area (TPSA) is 41.1 Å². The van der Waals surface area contributed by atoms with E-state index in [-0.39, 0.29) is 11.0 Å². The summed E-state index contributed by atoms with van der Waals surface area (Å²) in [6.07, 6.45) is 3.03. The van der Waals surface area contributed by atoms with Gasteiger partial charge in [-0.25, -0.2) is 0 Å². The maximum Gasteiger partial charge on any atom is 0.250 e. The summed E-state index contributed by atoms with van der Waals surface area (Å²) in [5, 5.41) is 6.83. The van der Waals surface area contributed by atoms with Crippen LogP contribution in [-0.2, 0) is 4.79 Å². The van der Waals surface area contributed by atoms with Crippen LogP contribution in [0.1, 0.15) is 5.56 Å². The molecule has 0 spiro atoms. The minimum atomic E-state index is -0.365. The molecule has 118 valence electrons. The maximum atomic E-state index is 11.8. The van der Waals surface area contributed by atoms with Crippen molar-refractivity contribution in [2.75, 3.05) is 5.32 Å². The van der Waals surface area contributed by atoms with Crippen LogP contribution >= 0.6 is 47.0 Å². The molecule has 0 unspecified atom stereocenters. The fourth-order valence-electron chi connectivity index (χ4n) is 1.65. The molecule has 2 aromatic carbocycles. The zero-order valence-corrected chi connectivity index (χ0v) is 14.7. The predicted octanol–water partition coefficient (Wildman–Crippen LogP) is 5.17. The number of rotatable bonds is 3. The average molecular weight is 386 g/mol. The number of amides is 1. The van der Waals surface area contributed by atoms with Crippen molar-refractivity contribution < 1.29 is 4.79 Å². The Morgan fingerprint density at radius 3 is 2.43 bits per heavy atom. The number of thiocarbonyl (C=S) groups is 1. The summed E-state index contributed by atoms with van der Waals surface area (Å²) in [5.74, 6) is -0.365. The summed E-state index contributed by atoms with van der Waals surface area (Å²) in [6.45, 7) is 0. The molecule has 0 saturated carbocycles. The largest absolute Gasteiger partial charge is 0.331 e. The Morgan fingerprint density at radius 2 is 1.74 bits per heavy atom. The summed E-state index contributed by atoms with van der Waals surface area (Å²) in [4.78, 5) is 11.8. The molecule has 2 rings (SSSR count). The van der Waals surface area contributed by atoms with Gasteiger partial charge in [-0.3, -0.25) is 10.1 Å². The Labute approximate surface area is 154 Å². The Hall–Kier alpha value is -1.59. The Morgan fingerprint density at radius 1 is 1.04 bits per heavy atom. The Balaban J connectivity index is 1.93. The molecule has 1 amide bonds. The van der Waals surface area contributed by atoms with Crippen LogP contribution in [0.15, 0.2) is 48.5 Å². The first-order valence-corrected chi connectivity index (χ1v) is 7.99. The van der Waals surface area contributed by atoms with Gasteiger partial charge in [0.2, 0.25) is 5.91 Å². The summed E-state index contributed by atoms with van der Waals surface area (Å²) >= 11 is 22.8. The van der Waals surface area contributed by atoms with E-state index < -0.39 is 0 Å². The maximum absolute atomic E-state index is 11.8. The van der Waals surface area contributed by atoms with Gasteiger partial charge in [0.25, 0.3) is 0 Å². The second-order valence-corrected chi connectivity index (χ2v) is 6.06. The van der Waals surface area contributed by atoms with Crippen LogP contribution in [0.2, 0.25) is 15.1 Å². The number of benzene rings is 2. The molecule has 0 bridgehead atoms. The van der Waals surface area contributed by atoms with Crippen molar-refractivity contribution in [1.82, 2.24) is 5.32 Å². The molecular formula is C16H11Cl3N2OS. The Kier molecular flexibility index (Phi) is 6.42. The highest BCUT2D eigenvalue weighted by Gasteiger charge is 2.07. The van der Waals surface area contributed by atoms with Crippen LogP contribution in [-0.4, -0.2) is 11.0 Å². The Bertz CT molecular complexity index is 760. The highest BCUT2D eigenvalue weighted by molar-refractivity contribution is 7.80. The van der Waals surface area contributed by atoms with Crippen molar-refractivity contribution in [3.8, 4) is 0 Å². The van der Waals surface area contributed by atoms with Crippen LogP contribution in [0.3, 0.4) is 0 Å². The fourth-order valence-corrected chi connectivity index (χ4v) is 2.34. The lowest BCUT2D eigenvalue weighted by Gasteiger charge is -2.10. The standard InChI is InChI=1S/C16H11Cl3N2OS/c17-11-7-4-10(5-8-11)6-9-14(22)21-16(23)20-13-3-1-2-12(18)15(13)19/h1-9H,(H2,20,21,22,23)/b9-6+. The zero-order valence-electron chi connectivity index (χ0n) is 11.6. The summed E-state index contributed by atoms with van der Waals surface area (Å²) in [7, 11) is 0. The average Bonchev–Trinajstić information content (AvgIpc) is 2.51. The molecule has 0 atom stereocenters. The van der Waals surface area contributed by atoms with Gasteiger partial charge in [-0.2, -0.15) is 0 Å². The lowest BCUT2D eigenvalue weighted by atomic mass is 10.2. The van der Waals surface area contributed by atoms with Crippen LogP contribution in [0, 0.1) is 0 Å². The van der Waals surface area contributed by atoms with E-state index in [9.17, 15) is 4.79 Å². The van der Waals surface area contributed by atoms with Crippen molar-refractivity contribution in [3.05, 3.63) is 69.2 Å². The van der Waals surface area contributed by atoms with Crippen LogP contribution < -0.4 is 10.6 Å². The second-order valence-electron chi connectivity index (χ2n) is 4.43. The van der Waals surface area contributed by atoms with E-state index >= 15 is 0 Å². The highest BCUT2D eigenvalue weighted by atomic mass is 35.5. The van der Waals surface area contributed by atoms with Gasteiger partial charge in [0.1, 0.15) is 0 Å². The van der Waals surface area contributed by atoms with Crippen molar-refractivity contribution in [2.45, 2.75) is 0 Å². The molecule has 0 aliphatic rings. The molecule has 3 nitrogen and oxygen atoms in total. The van der Waals surface area contributed by atoms with Crippen molar-refractivity contribution in [1.29, 1.82) is 0 Å². The SMILES string of the molecule is O=C(/C=C/c1ccc(Cl)cc1)NC(=S)Nc1cccc(Cl)c1Cl. The van der Waals surface area contributed by atoms with Crippen LogP contribution in [0.25, 0.3) is 6.08 Å². The summed E-state index contributed by atoms with van der Waals surface area (Å²) < 4.78 is 0. The number of hydrogen-bond acceptors (Lipinski definition) is 2. The predicted molar refractivity (Wildman–Crippen MR) is 101 cm³/mol. The lowest BCUT2D eigenvalue weighted by Crippen LogP contribution is -2.32. The molecule has 0 saturated heterocycles. The molecule has 2 N–H and O–H groups in total. The van der Waals surface area contributed by atoms with E-state index in [1.54, 1.807) is 48.5 Å². The summed E-state index contributed by atoms with van der Waals surface area (Å²) in [6, 6.07) is 12.2. The monoisotopic (exact) mass is 384 g/mol. The first-order chi connectivity index (χ1) is 11.0. The normalized spacial score (nSPS) is 10.6. The zero-order chi connectivity index (χ0) is 16.8. The molecule has 7 heteroatoms. The van der Waals surface area contributed by atoms with Crippen LogP contribution in [0.4, 0.5) is 5.69 Å². The second kappa shape index (κ2) is 8.31. The smallest absolute Gasteiger partial charge is 0.250 e. The molecule has 23 heavy (non-hydrogen) atoms.